The van der Waals surface area contributed by atoms with Crippen LogP contribution in [-0.2, 0) is 16.0 Å². The number of benzene rings is 2. The van der Waals surface area contributed by atoms with E-state index in [1.54, 1.807) is 14.2 Å². The average Bonchev–Trinajstić information content (AvgIpc) is 2.78. The molecule has 0 radical (unpaired) electrons. The molecule has 1 aliphatic heterocycles. The Morgan fingerprint density at radius 1 is 1.20 bits per heavy atom. The van der Waals surface area contributed by atoms with Gasteiger partial charge in [0.05, 0.1) is 33.0 Å². The lowest BCUT2D eigenvalue weighted by Gasteiger charge is -2.36. The minimum absolute atomic E-state index is 0.0206. The highest BCUT2D eigenvalue weighted by atomic mass is 35.5. The Morgan fingerprint density at radius 3 is 2.63 bits per heavy atom. The van der Waals surface area contributed by atoms with Crippen molar-refractivity contribution in [2.45, 2.75) is 25.5 Å². The number of methoxy groups -OCH3 is 2. The van der Waals surface area contributed by atoms with E-state index in [1.807, 2.05) is 49.4 Å². The molecule has 1 aliphatic rings. The number of rotatable bonds is 8. The number of hydrogen-bond acceptors (Lipinski definition) is 5. The van der Waals surface area contributed by atoms with E-state index in [-0.39, 0.29) is 18.1 Å². The van der Waals surface area contributed by atoms with Crippen molar-refractivity contribution in [1.29, 1.82) is 0 Å². The van der Waals surface area contributed by atoms with Crippen molar-refractivity contribution in [2.24, 2.45) is 0 Å². The molecule has 0 aromatic heterocycles. The van der Waals surface area contributed by atoms with Gasteiger partial charge >= 0.3 is 0 Å². The van der Waals surface area contributed by atoms with Gasteiger partial charge in [-0.1, -0.05) is 29.8 Å². The highest BCUT2D eigenvalue weighted by Gasteiger charge is 2.28. The van der Waals surface area contributed by atoms with Crippen LogP contribution in [0, 0.1) is 0 Å². The van der Waals surface area contributed by atoms with Crippen molar-refractivity contribution < 1.29 is 19.0 Å². The van der Waals surface area contributed by atoms with Crippen LogP contribution >= 0.6 is 11.6 Å². The van der Waals surface area contributed by atoms with Crippen molar-refractivity contribution in [3.63, 3.8) is 0 Å². The van der Waals surface area contributed by atoms with Gasteiger partial charge in [0.15, 0.2) is 11.5 Å². The highest BCUT2D eigenvalue weighted by molar-refractivity contribution is 6.30. The molecule has 1 fully saturated rings. The maximum atomic E-state index is 12.7. The second-order valence-corrected chi connectivity index (χ2v) is 7.75. The maximum Gasteiger partial charge on any atom is 0.237 e. The summed E-state index contributed by atoms with van der Waals surface area (Å²) in [7, 11) is 3.23. The number of nitrogens with zero attached hydrogens (tertiary/aromatic N) is 1. The van der Waals surface area contributed by atoms with E-state index in [0.717, 1.165) is 24.1 Å². The Labute approximate surface area is 183 Å². The standard InChI is InChI=1S/C23H29ClN2O4/c1-16(26-12-13-30-22(15-26)18-5-7-19(24)8-6-18)23(27)25-11-10-17-4-9-20(28-2)21(14-17)29-3/h4-9,14,16,22H,10-13,15H2,1-3H3,(H,25,27). The summed E-state index contributed by atoms with van der Waals surface area (Å²) >= 11 is 5.98. The number of nitrogens with one attached hydrogen (secondary N) is 1. The summed E-state index contributed by atoms with van der Waals surface area (Å²) in [4.78, 5) is 14.8. The Bertz CT molecular complexity index is 844. The topological polar surface area (TPSA) is 60.0 Å². The van der Waals surface area contributed by atoms with E-state index in [4.69, 9.17) is 25.8 Å². The molecule has 1 saturated heterocycles. The van der Waals surface area contributed by atoms with Gasteiger partial charge in [-0.2, -0.15) is 0 Å². The summed E-state index contributed by atoms with van der Waals surface area (Å²) in [5, 5.41) is 3.75. The molecule has 2 atom stereocenters. The Hall–Kier alpha value is -2.28. The summed E-state index contributed by atoms with van der Waals surface area (Å²) in [5.41, 5.74) is 2.15. The van der Waals surface area contributed by atoms with Crippen molar-refractivity contribution in [1.82, 2.24) is 10.2 Å². The molecule has 0 spiro atoms. The van der Waals surface area contributed by atoms with Gasteiger partial charge in [0.1, 0.15) is 0 Å². The SMILES string of the molecule is COc1ccc(CCNC(=O)C(C)N2CCOC(c3ccc(Cl)cc3)C2)cc1OC. The number of morpholine rings is 1. The highest BCUT2D eigenvalue weighted by Crippen LogP contribution is 2.28. The predicted molar refractivity (Wildman–Crippen MR) is 117 cm³/mol. The third-order valence-electron chi connectivity index (χ3n) is 5.43. The van der Waals surface area contributed by atoms with Gasteiger partial charge in [-0.25, -0.2) is 0 Å². The monoisotopic (exact) mass is 432 g/mol. The number of amides is 1. The third-order valence-corrected chi connectivity index (χ3v) is 5.68. The normalized spacial score (nSPS) is 17.9. The average molecular weight is 433 g/mol. The quantitative estimate of drug-likeness (QED) is 0.692. The van der Waals surface area contributed by atoms with Crippen LogP contribution in [0.15, 0.2) is 42.5 Å². The summed E-state index contributed by atoms with van der Waals surface area (Å²) in [6, 6.07) is 13.3. The number of carbonyl (C=O) groups excluding carboxylic acids is 1. The van der Waals surface area contributed by atoms with Crippen LogP contribution in [0.2, 0.25) is 5.02 Å². The molecule has 7 heteroatoms. The first-order chi connectivity index (χ1) is 14.5. The first kappa shape index (κ1) is 22.4. The van der Waals surface area contributed by atoms with Crippen LogP contribution in [0.1, 0.15) is 24.2 Å². The van der Waals surface area contributed by atoms with E-state index >= 15 is 0 Å². The maximum absolute atomic E-state index is 12.7. The zero-order valence-electron chi connectivity index (χ0n) is 17.7. The summed E-state index contributed by atoms with van der Waals surface area (Å²) in [6.45, 7) is 4.50. The lowest BCUT2D eigenvalue weighted by Crippen LogP contribution is -2.50. The first-order valence-corrected chi connectivity index (χ1v) is 10.5. The second-order valence-electron chi connectivity index (χ2n) is 7.31. The van der Waals surface area contributed by atoms with Gasteiger partial charge in [-0.15, -0.1) is 0 Å². The van der Waals surface area contributed by atoms with Crippen molar-refractivity contribution in [2.75, 3.05) is 40.5 Å². The largest absolute Gasteiger partial charge is 0.493 e. The summed E-state index contributed by atoms with van der Waals surface area (Å²) in [5.74, 6) is 1.41. The molecule has 2 aromatic carbocycles. The second kappa shape index (κ2) is 10.7. The Morgan fingerprint density at radius 2 is 1.93 bits per heavy atom. The molecule has 2 aromatic rings. The molecule has 2 unspecified atom stereocenters. The molecule has 1 amide bonds. The minimum Gasteiger partial charge on any atom is -0.493 e. The Kier molecular flexibility index (Phi) is 7.96. The lowest BCUT2D eigenvalue weighted by atomic mass is 10.1. The van der Waals surface area contributed by atoms with E-state index in [1.165, 1.54) is 0 Å². The van der Waals surface area contributed by atoms with Crippen molar-refractivity contribution in [3.05, 3.63) is 58.6 Å². The molecule has 6 nitrogen and oxygen atoms in total. The van der Waals surface area contributed by atoms with Gasteiger partial charge in [-0.05, 0) is 48.7 Å². The number of ether oxygens (including phenoxy) is 3. The van der Waals surface area contributed by atoms with Crippen LogP contribution in [-0.4, -0.2) is 57.3 Å². The van der Waals surface area contributed by atoms with Crippen LogP contribution in [0.5, 0.6) is 11.5 Å². The third kappa shape index (κ3) is 5.65. The molecule has 0 aliphatic carbocycles. The Balaban J connectivity index is 1.51. The fraction of sp³-hybridized carbons (Fsp3) is 0.435. The molecular formula is C23H29ClN2O4. The van der Waals surface area contributed by atoms with Crippen LogP contribution in [0.25, 0.3) is 0 Å². The molecule has 3 rings (SSSR count). The molecule has 1 heterocycles. The summed E-state index contributed by atoms with van der Waals surface area (Å²) < 4.78 is 16.5. The van der Waals surface area contributed by atoms with E-state index in [9.17, 15) is 4.79 Å². The number of hydrogen-bond donors (Lipinski definition) is 1. The zero-order valence-corrected chi connectivity index (χ0v) is 18.4. The van der Waals surface area contributed by atoms with Gasteiger partial charge < -0.3 is 19.5 Å². The van der Waals surface area contributed by atoms with Gasteiger partial charge in [0.25, 0.3) is 0 Å². The fourth-order valence-corrected chi connectivity index (χ4v) is 3.71. The van der Waals surface area contributed by atoms with Gasteiger partial charge in [0, 0.05) is 24.7 Å². The van der Waals surface area contributed by atoms with Gasteiger partial charge in [0.2, 0.25) is 5.91 Å². The first-order valence-electron chi connectivity index (χ1n) is 10.1. The van der Waals surface area contributed by atoms with E-state index in [0.29, 0.717) is 36.2 Å². The van der Waals surface area contributed by atoms with Crippen molar-refractivity contribution >= 4 is 17.5 Å². The minimum atomic E-state index is -0.228. The fourth-order valence-electron chi connectivity index (χ4n) is 3.58. The number of carbonyl (C=O) groups is 1. The molecule has 162 valence electrons. The van der Waals surface area contributed by atoms with E-state index in [2.05, 4.69) is 10.2 Å². The molecule has 1 N–H and O–H groups in total. The zero-order chi connectivity index (χ0) is 21.5. The predicted octanol–water partition coefficient (Wildman–Crippen LogP) is 3.48. The van der Waals surface area contributed by atoms with Gasteiger partial charge in [-0.3, -0.25) is 9.69 Å². The van der Waals surface area contributed by atoms with E-state index < -0.39 is 0 Å². The number of halogens is 1. The molecule has 0 saturated carbocycles. The van der Waals surface area contributed by atoms with Crippen LogP contribution in [0.3, 0.4) is 0 Å². The van der Waals surface area contributed by atoms with Crippen LogP contribution < -0.4 is 14.8 Å². The summed E-state index contributed by atoms with van der Waals surface area (Å²) in [6.07, 6.45) is 0.660. The lowest BCUT2D eigenvalue weighted by molar-refractivity contribution is -0.129. The molecule has 0 bridgehead atoms. The molecule has 30 heavy (non-hydrogen) atoms. The smallest absolute Gasteiger partial charge is 0.237 e. The van der Waals surface area contributed by atoms with Crippen molar-refractivity contribution in [3.8, 4) is 11.5 Å². The molecular weight excluding hydrogens is 404 g/mol. The van der Waals surface area contributed by atoms with Crippen LogP contribution in [0.4, 0.5) is 0 Å².